The molecule has 1 fully saturated rings. The van der Waals surface area contributed by atoms with Crippen molar-refractivity contribution in [1.29, 1.82) is 0 Å². The molecule has 1 heterocycles. The van der Waals surface area contributed by atoms with Gasteiger partial charge >= 0.3 is 0 Å². The SMILES string of the molecule is COc1cc(C)ccc1OCC(=O)NC1CCN(Cc2ccccc2)CC1. The second-order valence-corrected chi connectivity index (χ2v) is 7.05. The number of ether oxygens (including phenoxy) is 2. The molecule has 3 rings (SSSR count). The minimum absolute atomic E-state index is 0.00362. The summed E-state index contributed by atoms with van der Waals surface area (Å²) >= 11 is 0. The highest BCUT2D eigenvalue weighted by molar-refractivity contribution is 5.78. The van der Waals surface area contributed by atoms with Gasteiger partial charge in [0.1, 0.15) is 0 Å². The maximum Gasteiger partial charge on any atom is 0.258 e. The van der Waals surface area contributed by atoms with E-state index < -0.39 is 0 Å². The molecule has 1 amide bonds. The number of carbonyl (C=O) groups is 1. The Balaban J connectivity index is 1.40. The Morgan fingerprint density at radius 3 is 2.56 bits per heavy atom. The molecule has 0 spiro atoms. The van der Waals surface area contributed by atoms with Crippen molar-refractivity contribution in [3.05, 3.63) is 59.7 Å². The zero-order chi connectivity index (χ0) is 19.1. The molecule has 0 aromatic heterocycles. The van der Waals surface area contributed by atoms with Crippen LogP contribution in [0.3, 0.4) is 0 Å². The minimum atomic E-state index is -0.0841. The number of hydrogen-bond acceptors (Lipinski definition) is 4. The van der Waals surface area contributed by atoms with Crippen LogP contribution in [-0.4, -0.2) is 43.7 Å². The molecule has 1 aliphatic heterocycles. The Bertz CT molecular complexity index is 740. The fraction of sp³-hybridized carbons (Fsp3) is 0.409. The van der Waals surface area contributed by atoms with E-state index in [0.29, 0.717) is 11.5 Å². The predicted octanol–water partition coefficient (Wildman–Crippen LogP) is 3.16. The summed E-state index contributed by atoms with van der Waals surface area (Å²) < 4.78 is 10.9. The van der Waals surface area contributed by atoms with E-state index in [1.807, 2.05) is 31.2 Å². The van der Waals surface area contributed by atoms with Gasteiger partial charge in [0.15, 0.2) is 18.1 Å². The monoisotopic (exact) mass is 368 g/mol. The molecule has 1 N–H and O–H groups in total. The van der Waals surface area contributed by atoms with Crippen LogP contribution in [0.25, 0.3) is 0 Å². The Morgan fingerprint density at radius 1 is 1.11 bits per heavy atom. The Labute approximate surface area is 161 Å². The molecule has 0 radical (unpaired) electrons. The molecular weight excluding hydrogens is 340 g/mol. The lowest BCUT2D eigenvalue weighted by Gasteiger charge is -2.32. The molecule has 0 atom stereocenters. The van der Waals surface area contributed by atoms with Crippen LogP contribution in [0.5, 0.6) is 11.5 Å². The normalized spacial score (nSPS) is 15.3. The van der Waals surface area contributed by atoms with Gasteiger partial charge in [0.05, 0.1) is 7.11 Å². The van der Waals surface area contributed by atoms with E-state index in [4.69, 9.17) is 9.47 Å². The van der Waals surface area contributed by atoms with Crippen LogP contribution in [0.4, 0.5) is 0 Å². The maximum absolute atomic E-state index is 12.2. The second kappa shape index (κ2) is 9.42. The van der Waals surface area contributed by atoms with Gasteiger partial charge in [0, 0.05) is 25.7 Å². The summed E-state index contributed by atoms with van der Waals surface area (Å²) in [6.07, 6.45) is 1.93. The van der Waals surface area contributed by atoms with E-state index in [1.54, 1.807) is 7.11 Å². The first-order valence-corrected chi connectivity index (χ1v) is 9.47. The van der Waals surface area contributed by atoms with Crippen LogP contribution >= 0.6 is 0 Å². The number of methoxy groups -OCH3 is 1. The van der Waals surface area contributed by atoms with Gasteiger partial charge in [0.25, 0.3) is 5.91 Å². The molecule has 2 aromatic carbocycles. The largest absolute Gasteiger partial charge is 0.493 e. The Morgan fingerprint density at radius 2 is 1.85 bits per heavy atom. The Hall–Kier alpha value is -2.53. The third-order valence-corrected chi connectivity index (χ3v) is 4.88. The second-order valence-electron chi connectivity index (χ2n) is 7.05. The molecule has 27 heavy (non-hydrogen) atoms. The molecule has 2 aromatic rings. The van der Waals surface area contributed by atoms with Crippen LogP contribution in [-0.2, 0) is 11.3 Å². The van der Waals surface area contributed by atoms with Gasteiger partial charge in [-0.1, -0.05) is 36.4 Å². The van der Waals surface area contributed by atoms with Crippen LogP contribution in [0.1, 0.15) is 24.0 Å². The van der Waals surface area contributed by atoms with Crippen LogP contribution in [0, 0.1) is 6.92 Å². The lowest BCUT2D eigenvalue weighted by Crippen LogP contribution is -2.45. The molecule has 1 saturated heterocycles. The summed E-state index contributed by atoms with van der Waals surface area (Å²) in [4.78, 5) is 14.7. The summed E-state index contributed by atoms with van der Waals surface area (Å²) in [6, 6.07) is 16.4. The van der Waals surface area contributed by atoms with Crippen molar-refractivity contribution in [2.45, 2.75) is 32.4 Å². The average Bonchev–Trinajstić information content (AvgIpc) is 2.69. The minimum Gasteiger partial charge on any atom is -0.493 e. The molecule has 144 valence electrons. The highest BCUT2D eigenvalue weighted by Crippen LogP contribution is 2.27. The third kappa shape index (κ3) is 5.73. The van der Waals surface area contributed by atoms with Gasteiger partial charge in [-0.2, -0.15) is 0 Å². The van der Waals surface area contributed by atoms with Crippen molar-refractivity contribution in [2.75, 3.05) is 26.8 Å². The first kappa shape index (κ1) is 19.2. The molecule has 5 nitrogen and oxygen atoms in total. The molecule has 0 unspecified atom stereocenters. The van der Waals surface area contributed by atoms with E-state index in [0.717, 1.165) is 38.0 Å². The molecule has 0 aliphatic carbocycles. The zero-order valence-corrected chi connectivity index (χ0v) is 16.1. The van der Waals surface area contributed by atoms with Crippen molar-refractivity contribution in [2.24, 2.45) is 0 Å². The number of amides is 1. The molecule has 0 saturated carbocycles. The lowest BCUT2D eigenvalue weighted by molar-refractivity contribution is -0.124. The molecule has 5 heteroatoms. The van der Waals surface area contributed by atoms with Crippen molar-refractivity contribution in [3.63, 3.8) is 0 Å². The molecular formula is C22H28N2O3. The molecule has 0 bridgehead atoms. The summed E-state index contributed by atoms with van der Waals surface area (Å²) in [5.41, 5.74) is 2.42. The lowest BCUT2D eigenvalue weighted by atomic mass is 10.0. The van der Waals surface area contributed by atoms with E-state index in [1.165, 1.54) is 5.56 Å². The number of benzene rings is 2. The average molecular weight is 368 g/mol. The summed E-state index contributed by atoms with van der Waals surface area (Å²) in [5.74, 6) is 1.16. The van der Waals surface area contributed by atoms with Gasteiger partial charge < -0.3 is 14.8 Å². The highest BCUT2D eigenvalue weighted by atomic mass is 16.5. The topological polar surface area (TPSA) is 50.8 Å². The standard InChI is InChI=1S/C22H28N2O3/c1-17-8-9-20(21(14-17)26-2)27-16-22(25)23-19-10-12-24(13-11-19)15-18-6-4-3-5-7-18/h3-9,14,19H,10-13,15-16H2,1-2H3,(H,23,25). The Kier molecular flexibility index (Phi) is 6.71. The van der Waals surface area contributed by atoms with Gasteiger partial charge in [0.2, 0.25) is 0 Å². The van der Waals surface area contributed by atoms with E-state index >= 15 is 0 Å². The highest BCUT2D eigenvalue weighted by Gasteiger charge is 2.21. The summed E-state index contributed by atoms with van der Waals surface area (Å²) in [6.45, 7) is 4.95. The van der Waals surface area contributed by atoms with Crippen LogP contribution in [0.2, 0.25) is 0 Å². The third-order valence-electron chi connectivity index (χ3n) is 4.88. The van der Waals surface area contributed by atoms with Gasteiger partial charge in [-0.25, -0.2) is 0 Å². The van der Waals surface area contributed by atoms with E-state index in [-0.39, 0.29) is 18.6 Å². The number of carbonyl (C=O) groups excluding carboxylic acids is 1. The zero-order valence-electron chi connectivity index (χ0n) is 16.1. The maximum atomic E-state index is 12.2. The predicted molar refractivity (Wildman–Crippen MR) is 106 cm³/mol. The number of rotatable bonds is 7. The molecule has 1 aliphatic rings. The smallest absolute Gasteiger partial charge is 0.258 e. The van der Waals surface area contributed by atoms with Crippen LogP contribution in [0.15, 0.2) is 48.5 Å². The van der Waals surface area contributed by atoms with Crippen molar-refractivity contribution in [1.82, 2.24) is 10.2 Å². The summed E-state index contributed by atoms with van der Waals surface area (Å²) in [5, 5.41) is 3.09. The van der Waals surface area contributed by atoms with Gasteiger partial charge in [-0.05, 0) is 43.0 Å². The van der Waals surface area contributed by atoms with Gasteiger partial charge in [-0.15, -0.1) is 0 Å². The van der Waals surface area contributed by atoms with E-state index in [9.17, 15) is 4.79 Å². The fourth-order valence-electron chi connectivity index (χ4n) is 3.38. The number of likely N-dealkylation sites (tertiary alicyclic amines) is 1. The van der Waals surface area contributed by atoms with Crippen molar-refractivity contribution < 1.29 is 14.3 Å². The number of nitrogens with zero attached hydrogens (tertiary/aromatic N) is 1. The van der Waals surface area contributed by atoms with Crippen molar-refractivity contribution in [3.8, 4) is 11.5 Å². The first-order chi connectivity index (χ1) is 13.1. The van der Waals surface area contributed by atoms with Crippen LogP contribution < -0.4 is 14.8 Å². The van der Waals surface area contributed by atoms with Gasteiger partial charge in [-0.3, -0.25) is 9.69 Å². The van der Waals surface area contributed by atoms with Crippen molar-refractivity contribution >= 4 is 5.91 Å². The number of nitrogens with one attached hydrogen (secondary N) is 1. The summed E-state index contributed by atoms with van der Waals surface area (Å²) in [7, 11) is 1.60. The quantitative estimate of drug-likeness (QED) is 0.816. The number of piperidine rings is 1. The number of aryl methyl sites for hydroxylation is 1. The first-order valence-electron chi connectivity index (χ1n) is 9.47. The fourth-order valence-corrected chi connectivity index (χ4v) is 3.38. The van der Waals surface area contributed by atoms with E-state index in [2.05, 4.69) is 34.5 Å². The number of hydrogen-bond donors (Lipinski definition) is 1.